The van der Waals surface area contributed by atoms with Crippen molar-refractivity contribution in [2.24, 2.45) is 0 Å². The van der Waals surface area contributed by atoms with Crippen molar-refractivity contribution in [1.82, 2.24) is 9.88 Å². The van der Waals surface area contributed by atoms with Gasteiger partial charge in [-0.25, -0.2) is 4.98 Å². The zero-order chi connectivity index (χ0) is 28.7. The number of unbranched alkanes of at least 4 members (excludes halogenated alkanes) is 2. The van der Waals surface area contributed by atoms with Crippen molar-refractivity contribution >= 4 is 62.7 Å². The maximum absolute atomic E-state index is 12.9. The number of hydrogen-bond donors (Lipinski definition) is 1. The van der Waals surface area contributed by atoms with Gasteiger partial charge in [0.25, 0.3) is 5.91 Å². The van der Waals surface area contributed by atoms with Gasteiger partial charge in [-0.3, -0.25) is 14.5 Å². The van der Waals surface area contributed by atoms with Crippen LogP contribution in [0.1, 0.15) is 47.3 Å². The van der Waals surface area contributed by atoms with Gasteiger partial charge in [-0.05, 0) is 48.2 Å². The number of ether oxygens (including phenoxy) is 1. The largest absolute Gasteiger partial charge is 0.497 e. The Morgan fingerprint density at radius 2 is 1.93 bits per heavy atom. The Balaban J connectivity index is 1.18. The predicted octanol–water partition coefficient (Wildman–Crippen LogP) is 7.16. The van der Waals surface area contributed by atoms with Crippen LogP contribution in [-0.2, 0) is 22.2 Å². The van der Waals surface area contributed by atoms with Crippen LogP contribution in [0, 0.1) is 0 Å². The Hall–Kier alpha value is -3.22. The highest BCUT2D eigenvalue weighted by atomic mass is 32.2. The van der Waals surface area contributed by atoms with Gasteiger partial charge in [0.1, 0.15) is 10.1 Å². The van der Waals surface area contributed by atoms with Crippen LogP contribution in [0.3, 0.4) is 0 Å². The maximum atomic E-state index is 12.9. The molecule has 0 saturated carbocycles. The Bertz CT molecular complexity index is 1400. The SMILES string of the molecule is COc1ccc(/C=C2\SC(=S)N(CCCCCC(=O)Nc3ncc(Cc4cccc(C(F)(F)F)c4)s3)C2=O)cc1. The molecule has 6 nitrogen and oxygen atoms in total. The van der Waals surface area contributed by atoms with E-state index in [1.807, 2.05) is 30.3 Å². The monoisotopic (exact) mass is 605 g/mol. The number of rotatable bonds is 11. The van der Waals surface area contributed by atoms with Crippen LogP contribution >= 0.6 is 35.3 Å². The zero-order valence-corrected chi connectivity index (χ0v) is 23.9. The first-order valence-electron chi connectivity index (χ1n) is 12.4. The molecule has 1 aliphatic rings. The van der Waals surface area contributed by atoms with Crippen LogP contribution in [0.15, 0.2) is 59.6 Å². The minimum atomic E-state index is -4.39. The van der Waals surface area contributed by atoms with Gasteiger partial charge in [0.15, 0.2) is 5.13 Å². The Kier molecular flexibility index (Phi) is 9.99. The van der Waals surface area contributed by atoms with Crippen molar-refractivity contribution in [2.45, 2.75) is 38.3 Å². The molecule has 1 aromatic heterocycles. The van der Waals surface area contributed by atoms with Crippen molar-refractivity contribution in [3.63, 3.8) is 0 Å². The molecule has 1 saturated heterocycles. The molecule has 0 atom stereocenters. The summed E-state index contributed by atoms with van der Waals surface area (Å²) < 4.78 is 44.5. The van der Waals surface area contributed by atoms with E-state index in [-0.39, 0.29) is 18.2 Å². The fourth-order valence-electron chi connectivity index (χ4n) is 3.96. The number of nitrogens with one attached hydrogen (secondary N) is 1. The van der Waals surface area contributed by atoms with Crippen LogP contribution in [0.5, 0.6) is 5.75 Å². The molecule has 0 radical (unpaired) electrons. The molecule has 1 aliphatic heterocycles. The van der Waals surface area contributed by atoms with E-state index in [0.717, 1.165) is 34.7 Å². The van der Waals surface area contributed by atoms with Crippen molar-refractivity contribution in [1.29, 1.82) is 0 Å². The third-order valence-electron chi connectivity index (χ3n) is 6.01. The van der Waals surface area contributed by atoms with Crippen LogP contribution in [-0.4, -0.2) is 39.7 Å². The summed E-state index contributed by atoms with van der Waals surface area (Å²) in [5, 5.41) is 3.16. The normalized spacial score (nSPS) is 14.7. The first kappa shape index (κ1) is 29.8. The molecule has 3 aromatic rings. The lowest BCUT2D eigenvalue weighted by Crippen LogP contribution is -2.29. The minimum Gasteiger partial charge on any atom is -0.497 e. The van der Waals surface area contributed by atoms with E-state index >= 15 is 0 Å². The minimum absolute atomic E-state index is 0.117. The summed E-state index contributed by atoms with van der Waals surface area (Å²) in [6, 6.07) is 12.6. The average molecular weight is 606 g/mol. The van der Waals surface area contributed by atoms with E-state index in [0.29, 0.717) is 45.7 Å². The van der Waals surface area contributed by atoms with E-state index in [9.17, 15) is 22.8 Å². The van der Waals surface area contributed by atoms with Gasteiger partial charge in [-0.15, -0.1) is 11.3 Å². The summed E-state index contributed by atoms with van der Waals surface area (Å²) in [5.74, 6) is 0.435. The Morgan fingerprint density at radius 3 is 2.65 bits per heavy atom. The molecule has 0 aliphatic carbocycles. The summed E-state index contributed by atoms with van der Waals surface area (Å²) in [6.07, 6.45) is 1.63. The van der Waals surface area contributed by atoms with Crippen molar-refractivity contribution in [3.8, 4) is 5.75 Å². The second-order valence-electron chi connectivity index (χ2n) is 8.97. The number of aromatic nitrogens is 1. The molecule has 2 amide bonds. The second-order valence-corrected chi connectivity index (χ2v) is 11.8. The van der Waals surface area contributed by atoms with Gasteiger partial charge in [0.2, 0.25) is 5.91 Å². The van der Waals surface area contributed by atoms with Gasteiger partial charge in [0.05, 0.1) is 17.6 Å². The van der Waals surface area contributed by atoms with Gasteiger partial charge >= 0.3 is 6.18 Å². The molecular formula is C28H26F3N3O3S3. The van der Waals surface area contributed by atoms with Crippen LogP contribution < -0.4 is 10.1 Å². The summed E-state index contributed by atoms with van der Waals surface area (Å²) in [4.78, 5) is 32.2. The first-order valence-corrected chi connectivity index (χ1v) is 14.5. The van der Waals surface area contributed by atoms with E-state index < -0.39 is 11.7 Å². The average Bonchev–Trinajstić information content (AvgIpc) is 3.46. The summed E-state index contributed by atoms with van der Waals surface area (Å²) in [6.45, 7) is 0.484. The highest BCUT2D eigenvalue weighted by molar-refractivity contribution is 8.26. The first-order chi connectivity index (χ1) is 19.1. The third kappa shape index (κ3) is 8.15. The number of nitrogens with zero attached hydrogens (tertiary/aromatic N) is 2. The van der Waals surface area contributed by atoms with Crippen molar-refractivity contribution in [3.05, 3.63) is 81.2 Å². The molecule has 2 heterocycles. The molecule has 4 rings (SSSR count). The van der Waals surface area contributed by atoms with Crippen LogP contribution in [0.2, 0.25) is 0 Å². The molecule has 1 fully saturated rings. The highest BCUT2D eigenvalue weighted by Crippen LogP contribution is 2.33. The zero-order valence-electron chi connectivity index (χ0n) is 21.5. The lowest BCUT2D eigenvalue weighted by molar-refractivity contribution is -0.137. The van der Waals surface area contributed by atoms with Crippen molar-refractivity contribution < 1.29 is 27.5 Å². The van der Waals surface area contributed by atoms with E-state index in [4.69, 9.17) is 17.0 Å². The predicted molar refractivity (Wildman–Crippen MR) is 156 cm³/mol. The van der Waals surface area contributed by atoms with Gasteiger partial charge in [-0.2, -0.15) is 13.2 Å². The molecule has 1 N–H and O–H groups in total. The van der Waals surface area contributed by atoms with Gasteiger partial charge in [-0.1, -0.05) is 60.7 Å². The van der Waals surface area contributed by atoms with Crippen LogP contribution in [0.4, 0.5) is 18.3 Å². The second kappa shape index (κ2) is 13.4. The van der Waals surface area contributed by atoms with E-state index in [1.54, 1.807) is 24.3 Å². The molecule has 12 heteroatoms. The number of halogens is 3. The lowest BCUT2D eigenvalue weighted by Gasteiger charge is -2.14. The van der Waals surface area contributed by atoms with Crippen molar-refractivity contribution in [2.75, 3.05) is 19.0 Å². The number of benzene rings is 2. The number of thiocarbonyl (C=S) groups is 1. The molecule has 2 aromatic carbocycles. The fourth-order valence-corrected chi connectivity index (χ4v) is 6.14. The highest BCUT2D eigenvalue weighted by Gasteiger charge is 2.32. The summed E-state index contributed by atoms with van der Waals surface area (Å²) >= 11 is 7.91. The van der Waals surface area contributed by atoms with Gasteiger partial charge < -0.3 is 10.1 Å². The number of carbonyl (C=O) groups is 2. The van der Waals surface area contributed by atoms with E-state index in [2.05, 4.69) is 10.3 Å². The number of methoxy groups -OCH3 is 1. The third-order valence-corrected chi connectivity index (χ3v) is 8.30. The fraction of sp³-hybridized carbons (Fsp3) is 0.286. The quantitative estimate of drug-likeness (QED) is 0.142. The van der Waals surface area contributed by atoms with Gasteiger partial charge in [0, 0.05) is 30.5 Å². The Labute approximate surface area is 243 Å². The molecule has 0 spiro atoms. The topological polar surface area (TPSA) is 71.5 Å². The molecule has 0 bridgehead atoms. The number of anilines is 1. The van der Waals surface area contributed by atoms with E-state index in [1.165, 1.54) is 29.2 Å². The summed E-state index contributed by atoms with van der Waals surface area (Å²) in [5.41, 5.74) is 0.715. The van der Waals surface area contributed by atoms with Crippen LogP contribution in [0.25, 0.3) is 6.08 Å². The number of carbonyl (C=O) groups excluding carboxylic acids is 2. The standard InChI is InChI=1S/C28H26F3N3O3S3/c1-37-21-11-9-18(10-12-21)16-23-25(36)34(27(38)40-23)13-4-2-3-8-24(35)33-26-32-17-22(39-26)15-19-6-5-7-20(14-19)28(29,30)31/h5-7,9-12,14,16-17H,2-4,8,13,15H2,1H3,(H,32,33,35)/b23-16-. The number of amides is 2. The smallest absolute Gasteiger partial charge is 0.416 e. The molecule has 210 valence electrons. The number of thiazole rings is 1. The number of alkyl halides is 3. The molecular weight excluding hydrogens is 580 g/mol. The number of thioether (sulfide) groups is 1. The number of hydrogen-bond acceptors (Lipinski definition) is 7. The lowest BCUT2D eigenvalue weighted by atomic mass is 10.1. The molecule has 40 heavy (non-hydrogen) atoms. The Morgan fingerprint density at radius 1 is 1.15 bits per heavy atom. The molecule has 0 unspecified atom stereocenters. The maximum Gasteiger partial charge on any atom is 0.416 e. The summed E-state index contributed by atoms with van der Waals surface area (Å²) in [7, 11) is 1.60.